The molecule has 0 saturated heterocycles. The van der Waals surface area contributed by atoms with Gasteiger partial charge in [-0.3, -0.25) is 0 Å². The molecule has 0 unspecified atom stereocenters. The molecule has 0 heterocycles. The first-order valence-electron chi connectivity index (χ1n) is 7.39. The van der Waals surface area contributed by atoms with Crippen LogP contribution in [0.4, 0.5) is 8.78 Å². The van der Waals surface area contributed by atoms with Gasteiger partial charge in [0.1, 0.15) is 11.6 Å². The van der Waals surface area contributed by atoms with Crippen molar-refractivity contribution in [2.75, 3.05) is 0 Å². The molecule has 0 aliphatic heterocycles. The molecule has 1 saturated carbocycles. The lowest BCUT2D eigenvalue weighted by Crippen LogP contribution is -2.41. The Hall–Kier alpha value is -1.74. The third-order valence-electron chi connectivity index (χ3n) is 4.31. The number of rotatable bonds is 4. The van der Waals surface area contributed by atoms with Gasteiger partial charge in [0, 0.05) is 12.1 Å². The van der Waals surface area contributed by atoms with E-state index in [0.717, 1.165) is 18.4 Å². The Morgan fingerprint density at radius 1 is 1.00 bits per heavy atom. The van der Waals surface area contributed by atoms with Crippen LogP contribution in [0.1, 0.15) is 42.9 Å². The molecule has 2 aromatic carbocycles. The molecular weight excluding hydrogens is 268 g/mol. The molecule has 0 bridgehead atoms. The summed E-state index contributed by atoms with van der Waals surface area (Å²) in [4.78, 5) is 0. The van der Waals surface area contributed by atoms with Crippen molar-refractivity contribution in [1.82, 2.24) is 5.32 Å². The second-order valence-electron chi connectivity index (χ2n) is 5.86. The molecular formula is C18H19F2N. The molecule has 2 aromatic rings. The van der Waals surface area contributed by atoms with E-state index in [9.17, 15) is 8.78 Å². The van der Waals surface area contributed by atoms with E-state index < -0.39 is 0 Å². The van der Waals surface area contributed by atoms with Gasteiger partial charge in [-0.1, -0.05) is 24.3 Å². The first kappa shape index (κ1) is 14.2. The molecule has 0 aromatic heterocycles. The van der Waals surface area contributed by atoms with Crippen LogP contribution in [0.15, 0.2) is 48.5 Å². The molecule has 0 spiro atoms. The summed E-state index contributed by atoms with van der Waals surface area (Å²) < 4.78 is 26.1. The van der Waals surface area contributed by atoms with E-state index in [1.54, 1.807) is 12.1 Å². The average Bonchev–Trinajstić information content (AvgIpc) is 2.43. The maximum Gasteiger partial charge on any atom is 0.123 e. The zero-order valence-corrected chi connectivity index (χ0v) is 12.0. The Labute approximate surface area is 124 Å². The van der Waals surface area contributed by atoms with Gasteiger partial charge in [-0.2, -0.15) is 0 Å². The van der Waals surface area contributed by atoms with Gasteiger partial charge < -0.3 is 5.32 Å². The van der Waals surface area contributed by atoms with Gasteiger partial charge in [-0.25, -0.2) is 8.78 Å². The molecule has 0 radical (unpaired) electrons. The van der Waals surface area contributed by atoms with E-state index in [0.29, 0.717) is 12.0 Å². The van der Waals surface area contributed by atoms with Gasteiger partial charge in [0.25, 0.3) is 0 Å². The lowest BCUT2D eigenvalue weighted by Gasteiger charge is -2.38. The Morgan fingerprint density at radius 2 is 1.71 bits per heavy atom. The predicted molar refractivity (Wildman–Crippen MR) is 80.1 cm³/mol. The van der Waals surface area contributed by atoms with Gasteiger partial charge in [0.15, 0.2) is 0 Å². The highest BCUT2D eigenvalue weighted by molar-refractivity contribution is 5.24. The van der Waals surface area contributed by atoms with E-state index in [-0.39, 0.29) is 17.7 Å². The summed E-state index contributed by atoms with van der Waals surface area (Å²) in [5, 5.41) is 3.53. The Morgan fingerprint density at radius 3 is 2.38 bits per heavy atom. The fraction of sp³-hybridized carbons (Fsp3) is 0.333. The molecule has 1 nitrogen and oxygen atoms in total. The first-order chi connectivity index (χ1) is 10.1. The summed E-state index contributed by atoms with van der Waals surface area (Å²) in [6.07, 6.45) is 2.09. The smallest absolute Gasteiger partial charge is 0.123 e. The van der Waals surface area contributed by atoms with E-state index in [1.165, 1.54) is 23.8 Å². The molecule has 3 heteroatoms. The lowest BCUT2D eigenvalue weighted by atomic mass is 9.75. The van der Waals surface area contributed by atoms with Crippen molar-refractivity contribution in [2.24, 2.45) is 0 Å². The van der Waals surface area contributed by atoms with Gasteiger partial charge in [-0.05, 0) is 61.1 Å². The van der Waals surface area contributed by atoms with Gasteiger partial charge >= 0.3 is 0 Å². The van der Waals surface area contributed by atoms with Crippen LogP contribution in [0, 0.1) is 11.6 Å². The number of halogens is 2. The molecule has 110 valence electrons. The van der Waals surface area contributed by atoms with Gasteiger partial charge in [-0.15, -0.1) is 0 Å². The third-order valence-corrected chi connectivity index (χ3v) is 4.31. The van der Waals surface area contributed by atoms with E-state index in [4.69, 9.17) is 0 Å². The zero-order valence-electron chi connectivity index (χ0n) is 12.0. The number of nitrogens with one attached hydrogen (secondary N) is 1. The standard InChI is InChI=1S/C18H19F2N/c1-12(14-3-2-4-17(20)9-14)21-18-10-15(11-18)13-5-7-16(19)8-6-13/h2-9,12,15,18,21H,10-11H2,1H3/t12-,15?,18?/m0/s1. The highest BCUT2D eigenvalue weighted by atomic mass is 19.1. The zero-order chi connectivity index (χ0) is 14.8. The van der Waals surface area contributed by atoms with Crippen molar-refractivity contribution in [3.63, 3.8) is 0 Å². The second-order valence-corrected chi connectivity index (χ2v) is 5.86. The minimum Gasteiger partial charge on any atom is -0.307 e. The third kappa shape index (κ3) is 3.30. The highest BCUT2D eigenvalue weighted by Gasteiger charge is 2.31. The van der Waals surface area contributed by atoms with Gasteiger partial charge in [0.2, 0.25) is 0 Å². The quantitative estimate of drug-likeness (QED) is 0.869. The van der Waals surface area contributed by atoms with Crippen LogP contribution in [0.25, 0.3) is 0 Å². The average molecular weight is 287 g/mol. The SMILES string of the molecule is C[C@H](NC1CC(c2ccc(F)cc2)C1)c1cccc(F)c1. The number of hydrogen-bond acceptors (Lipinski definition) is 1. The summed E-state index contributed by atoms with van der Waals surface area (Å²) in [6.45, 7) is 2.06. The summed E-state index contributed by atoms with van der Waals surface area (Å²) >= 11 is 0. The van der Waals surface area contributed by atoms with E-state index in [2.05, 4.69) is 12.2 Å². The molecule has 1 aliphatic carbocycles. The number of hydrogen-bond donors (Lipinski definition) is 1. The highest BCUT2D eigenvalue weighted by Crippen LogP contribution is 2.37. The van der Waals surface area contributed by atoms with Crippen molar-refractivity contribution in [3.8, 4) is 0 Å². The van der Waals surface area contributed by atoms with Gasteiger partial charge in [0.05, 0.1) is 0 Å². The van der Waals surface area contributed by atoms with E-state index >= 15 is 0 Å². The minimum atomic E-state index is -0.195. The maximum atomic E-state index is 13.2. The fourth-order valence-electron chi connectivity index (χ4n) is 2.99. The van der Waals surface area contributed by atoms with E-state index in [1.807, 2.05) is 18.2 Å². The minimum absolute atomic E-state index is 0.139. The van der Waals surface area contributed by atoms with Crippen LogP contribution in [-0.2, 0) is 0 Å². The first-order valence-corrected chi connectivity index (χ1v) is 7.39. The van der Waals surface area contributed by atoms with Crippen LogP contribution < -0.4 is 5.32 Å². The summed E-state index contributed by atoms with van der Waals surface area (Å²) in [6, 6.07) is 14.1. The topological polar surface area (TPSA) is 12.0 Å². The van der Waals surface area contributed by atoms with Crippen molar-refractivity contribution in [3.05, 3.63) is 71.3 Å². The lowest BCUT2D eigenvalue weighted by molar-refractivity contribution is 0.270. The maximum absolute atomic E-state index is 13.2. The van der Waals surface area contributed by atoms with Crippen molar-refractivity contribution < 1.29 is 8.78 Å². The Kier molecular flexibility index (Phi) is 4.02. The van der Waals surface area contributed by atoms with Crippen molar-refractivity contribution in [2.45, 2.75) is 37.8 Å². The predicted octanol–water partition coefficient (Wildman–Crippen LogP) is 4.56. The normalized spacial score (nSPS) is 22.6. The van der Waals surface area contributed by atoms with Crippen LogP contribution >= 0.6 is 0 Å². The molecule has 3 rings (SSSR count). The number of benzene rings is 2. The largest absolute Gasteiger partial charge is 0.307 e. The molecule has 1 aliphatic rings. The van der Waals surface area contributed by atoms with Crippen molar-refractivity contribution >= 4 is 0 Å². The fourth-order valence-corrected chi connectivity index (χ4v) is 2.99. The van der Waals surface area contributed by atoms with Crippen LogP contribution in [0.2, 0.25) is 0 Å². The van der Waals surface area contributed by atoms with Crippen LogP contribution in [0.5, 0.6) is 0 Å². The molecule has 1 N–H and O–H groups in total. The summed E-state index contributed by atoms with van der Waals surface area (Å²) in [7, 11) is 0. The van der Waals surface area contributed by atoms with Crippen LogP contribution in [-0.4, -0.2) is 6.04 Å². The molecule has 1 atom stereocenters. The van der Waals surface area contributed by atoms with Crippen molar-refractivity contribution in [1.29, 1.82) is 0 Å². The van der Waals surface area contributed by atoms with Crippen LogP contribution in [0.3, 0.4) is 0 Å². The second kappa shape index (κ2) is 5.94. The monoisotopic (exact) mass is 287 g/mol. The molecule has 21 heavy (non-hydrogen) atoms. The molecule has 1 fully saturated rings. The summed E-state index contributed by atoms with van der Waals surface area (Å²) in [5.74, 6) is 0.120. The Balaban J connectivity index is 1.54. The summed E-state index contributed by atoms with van der Waals surface area (Å²) in [5.41, 5.74) is 2.17. The Bertz CT molecular complexity index is 603. The molecule has 0 amide bonds.